The molecule has 17 heavy (non-hydrogen) atoms. The third-order valence-corrected chi connectivity index (χ3v) is 3.37. The van der Waals surface area contributed by atoms with Crippen LogP contribution in [0.25, 0.3) is 0 Å². The lowest BCUT2D eigenvalue weighted by atomic mass is 9.92. The van der Waals surface area contributed by atoms with Crippen molar-refractivity contribution >= 4 is 0 Å². The minimum Gasteiger partial charge on any atom is -0.379 e. The summed E-state index contributed by atoms with van der Waals surface area (Å²) in [6, 6.07) is 10.3. The normalized spacial score (nSPS) is 21.1. The van der Waals surface area contributed by atoms with Crippen molar-refractivity contribution < 1.29 is 4.74 Å². The number of hydrazine groups is 1. The second kappa shape index (κ2) is 5.60. The zero-order valence-electron chi connectivity index (χ0n) is 10.4. The van der Waals surface area contributed by atoms with E-state index in [0.29, 0.717) is 0 Å². The second-order valence-electron chi connectivity index (χ2n) is 4.73. The fourth-order valence-corrected chi connectivity index (χ4v) is 2.23. The molecule has 1 aromatic carbocycles. The van der Waals surface area contributed by atoms with E-state index in [-0.39, 0.29) is 5.54 Å². The summed E-state index contributed by atoms with van der Waals surface area (Å²) < 4.78 is 5.36. The van der Waals surface area contributed by atoms with Gasteiger partial charge in [-0.3, -0.25) is 10.7 Å². The van der Waals surface area contributed by atoms with E-state index in [1.807, 2.05) is 18.2 Å². The number of benzene rings is 1. The van der Waals surface area contributed by atoms with Gasteiger partial charge in [0.1, 0.15) is 0 Å². The van der Waals surface area contributed by atoms with Crippen LogP contribution in [0.3, 0.4) is 0 Å². The minimum atomic E-state index is -0.210. The fourth-order valence-electron chi connectivity index (χ4n) is 2.23. The molecule has 1 fully saturated rings. The van der Waals surface area contributed by atoms with Gasteiger partial charge < -0.3 is 4.74 Å². The quantitative estimate of drug-likeness (QED) is 0.596. The van der Waals surface area contributed by atoms with E-state index >= 15 is 0 Å². The van der Waals surface area contributed by atoms with Gasteiger partial charge in [0.05, 0.1) is 18.8 Å². The van der Waals surface area contributed by atoms with E-state index in [1.54, 1.807) is 0 Å². The van der Waals surface area contributed by atoms with Crippen LogP contribution < -0.4 is 11.3 Å². The lowest BCUT2D eigenvalue weighted by Gasteiger charge is -2.37. The highest BCUT2D eigenvalue weighted by Crippen LogP contribution is 2.21. The van der Waals surface area contributed by atoms with Crippen molar-refractivity contribution in [3.8, 4) is 0 Å². The molecule has 0 unspecified atom stereocenters. The molecule has 0 radical (unpaired) electrons. The number of nitrogens with one attached hydrogen (secondary N) is 1. The van der Waals surface area contributed by atoms with Gasteiger partial charge in [-0.15, -0.1) is 0 Å². The molecular weight excluding hydrogens is 214 g/mol. The zero-order valence-corrected chi connectivity index (χ0v) is 10.4. The van der Waals surface area contributed by atoms with Gasteiger partial charge >= 0.3 is 0 Å². The van der Waals surface area contributed by atoms with E-state index < -0.39 is 0 Å². The summed E-state index contributed by atoms with van der Waals surface area (Å²) in [4.78, 5) is 2.39. The van der Waals surface area contributed by atoms with Crippen LogP contribution >= 0.6 is 0 Å². The Hall–Kier alpha value is -0.940. The molecule has 0 aliphatic carbocycles. The predicted octanol–water partition coefficient (Wildman–Crippen LogP) is 0.697. The van der Waals surface area contributed by atoms with Gasteiger partial charge in [-0.2, -0.15) is 0 Å². The summed E-state index contributed by atoms with van der Waals surface area (Å²) >= 11 is 0. The Morgan fingerprint density at radius 2 is 1.94 bits per heavy atom. The molecule has 4 nitrogen and oxygen atoms in total. The maximum Gasteiger partial charge on any atom is 0.0668 e. The standard InChI is InChI=1S/C13H21N3O/c1-13(15-14,12-5-3-2-4-6-12)11-16-7-9-17-10-8-16/h2-6,15H,7-11,14H2,1H3/t13-/m1/s1. The number of nitrogens with zero attached hydrogens (tertiary/aromatic N) is 1. The first-order valence-corrected chi connectivity index (χ1v) is 6.08. The molecule has 3 N–H and O–H groups in total. The lowest BCUT2D eigenvalue weighted by Crippen LogP contribution is -2.54. The molecule has 1 aliphatic rings. The average Bonchev–Trinajstić information content (AvgIpc) is 2.41. The average molecular weight is 235 g/mol. The van der Waals surface area contributed by atoms with Gasteiger partial charge in [-0.1, -0.05) is 30.3 Å². The van der Waals surface area contributed by atoms with Gasteiger partial charge in [0.2, 0.25) is 0 Å². The van der Waals surface area contributed by atoms with Crippen LogP contribution in [-0.4, -0.2) is 37.7 Å². The van der Waals surface area contributed by atoms with Gasteiger partial charge in [-0.25, -0.2) is 5.43 Å². The maximum absolute atomic E-state index is 5.75. The molecule has 1 heterocycles. The molecule has 0 spiro atoms. The molecule has 0 amide bonds. The lowest BCUT2D eigenvalue weighted by molar-refractivity contribution is 0.0248. The van der Waals surface area contributed by atoms with Crippen LogP contribution in [0, 0.1) is 0 Å². The molecule has 94 valence electrons. The van der Waals surface area contributed by atoms with Gasteiger partial charge in [0, 0.05) is 19.6 Å². The first-order valence-electron chi connectivity index (χ1n) is 6.08. The summed E-state index contributed by atoms with van der Waals surface area (Å²) in [6.07, 6.45) is 0. The number of hydrogen-bond acceptors (Lipinski definition) is 4. The number of rotatable bonds is 4. The molecule has 0 aromatic heterocycles. The largest absolute Gasteiger partial charge is 0.379 e. The molecule has 0 saturated carbocycles. The topological polar surface area (TPSA) is 50.5 Å². The highest BCUT2D eigenvalue weighted by molar-refractivity contribution is 5.23. The van der Waals surface area contributed by atoms with E-state index in [9.17, 15) is 0 Å². The molecule has 1 aliphatic heterocycles. The number of hydrogen-bond donors (Lipinski definition) is 2. The van der Waals surface area contributed by atoms with Crippen molar-refractivity contribution in [3.63, 3.8) is 0 Å². The Kier molecular flexibility index (Phi) is 4.12. The molecule has 4 heteroatoms. The van der Waals surface area contributed by atoms with Crippen LogP contribution in [0.2, 0.25) is 0 Å². The summed E-state index contributed by atoms with van der Waals surface area (Å²) in [5.41, 5.74) is 3.97. The predicted molar refractivity (Wildman–Crippen MR) is 68.4 cm³/mol. The molecule has 1 saturated heterocycles. The van der Waals surface area contributed by atoms with Gasteiger partial charge in [-0.05, 0) is 12.5 Å². The van der Waals surface area contributed by atoms with Crippen molar-refractivity contribution in [2.45, 2.75) is 12.5 Å². The van der Waals surface area contributed by atoms with Crippen molar-refractivity contribution in [3.05, 3.63) is 35.9 Å². The highest BCUT2D eigenvalue weighted by Gasteiger charge is 2.28. The fraction of sp³-hybridized carbons (Fsp3) is 0.538. The van der Waals surface area contributed by atoms with Crippen LogP contribution in [0.5, 0.6) is 0 Å². The third-order valence-electron chi connectivity index (χ3n) is 3.37. The Morgan fingerprint density at radius 3 is 2.53 bits per heavy atom. The summed E-state index contributed by atoms with van der Waals surface area (Å²) in [6.45, 7) is 6.62. The summed E-state index contributed by atoms with van der Waals surface area (Å²) in [5, 5.41) is 0. The number of ether oxygens (including phenoxy) is 1. The van der Waals surface area contributed by atoms with E-state index in [0.717, 1.165) is 32.8 Å². The highest BCUT2D eigenvalue weighted by atomic mass is 16.5. The van der Waals surface area contributed by atoms with E-state index in [1.165, 1.54) is 5.56 Å². The molecule has 2 rings (SSSR count). The smallest absolute Gasteiger partial charge is 0.0668 e. The number of nitrogens with two attached hydrogens (primary N) is 1. The molecule has 1 aromatic rings. The monoisotopic (exact) mass is 235 g/mol. The van der Waals surface area contributed by atoms with Gasteiger partial charge in [0.15, 0.2) is 0 Å². The van der Waals surface area contributed by atoms with Gasteiger partial charge in [0.25, 0.3) is 0 Å². The van der Waals surface area contributed by atoms with Crippen molar-refractivity contribution in [2.24, 2.45) is 5.84 Å². The van der Waals surface area contributed by atoms with E-state index in [4.69, 9.17) is 10.6 Å². The summed E-state index contributed by atoms with van der Waals surface area (Å²) in [7, 11) is 0. The Morgan fingerprint density at radius 1 is 1.29 bits per heavy atom. The SMILES string of the molecule is C[C@](CN1CCOCC1)(NN)c1ccccc1. The Balaban J connectivity index is 2.08. The van der Waals surface area contributed by atoms with Crippen molar-refractivity contribution in [1.29, 1.82) is 0 Å². The van der Waals surface area contributed by atoms with E-state index in [2.05, 4.69) is 29.4 Å². The first-order chi connectivity index (χ1) is 8.24. The van der Waals surface area contributed by atoms with Crippen LogP contribution in [0.4, 0.5) is 0 Å². The Labute approximate surface area is 103 Å². The second-order valence-corrected chi connectivity index (χ2v) is 4.73. The maximum atomic E-state index is 5.75. The molecular formula is C13H21N3O. The van der Waals surface area contributed by atoms with Crippen LogP contribution in [-0.2, 0) is 10.3 Å². The minimum absolute atomic E-state index is 0.210. The van der Waals surface area contributed by atoms with Crippen molar-refractivity contribution in [1.82, 2.24) is 10.3 Å². The van der Waals surface area contributed by atoms with Crippen LogP contribution in [0.15, 0.2) is 30.3 Å². The Bertz CT molecular complexity index is 338. The zero-order chi connectivity index (χ0) is 12.1. The molecule has 0 bridgehead atoms. The van der Waals surface area contributed by atoms with Crippen molar-refractivity contribution in [2.75, 3.05) is 32.8 Å². The number of morpholine rings is 1. The first kappa shape index (κ1) is 12.5. The van der Waals surface area contributed by atoms with Crippen LogP contribution in [0.1, 0.15) is 12.5 Å². The summed E-state index contributed by atoms with van der Waals surface area (Å²) in [5.74, 6) is 5.75. The molecule has 1 atom stereocenters. The third kappa shape index (κ3) is 3.04.